The molecule has 1 N–H and O–H groups in total. The molecule has 3 heteroatoms. The van der Waals surface area contributed by atoms with Gasteiger partial charge in [0.15, 0.2) is 0 Å². The van der Waals surface area contributed by atoms with Gasteiger partial charge in [0, 0.05) is 6.04 Å². The Balaban J connectivity index is 1.51. The number of anilines is 1. The fourth-order valence-corrected chi connectivity index (χ4v) is 4.18. The Morgan fingerprint density at radius 1 is 1.19 bits per heavy atom. The normalized spacial score (nSPS) is 43.2. The second-order valence-electron chi connectivity index (χ2n) is 5.50. The third-order valence-electron chi connectivity index (χ3n) is 4.76. The lowest BCUT2D eigenvalue weighted by Crippen LogP contribution is -2.13. The highest BCUT2D eigenvalue weighted by Gasteiger charge is 2.65. The van der Waals surface area contributed by atoms with E-state index in [9.17, 15) is 4.39 Å². The highest BCUT2D eigenvalue weighted by Crippen LogP contribution is 2.66. The summed E-state index contributed by atoms with van der Waals surface area (Å²) < 4.78 is 12.9. The van der Waals surface area contributed by atoms with E-state index in [-0.39, 0.29) is 0 Å². The van der Waals surface area contributed by atoms with Gasteiger partial charge in [-0.15, -0.1) is 0 Å². The Morgan fingerprint density at radius 2 is 1.94 bits per heavy atom. The van der Waals surface area contributed by atoms with Crippen molar-refractivity contribution in [2.75, 3.05) is 5.32 Å². The predicted octanol–water partition coefficient (Wildman–Crippen LogP) is 2.68. The molecule has 3 fully saturated rings. The Hall–Kier alpha value is -1.12. The molecule has 3 aliphatic carbocycles. The maximum absolute atomic E-state index is 12.9. The van der Waals surface area contributed by atoms with E-state index < -0.39 is 5.95 Å². The van der Waals surface area contributed by atoms with Crippen LogP contribution in [-0.4, -0.2) is 11.0 Å². The van der Waals surface area contributed by atoms with Gasteiger partial charge in [0.1, 0.15) is 5.82 Å². The van der Waals surface area contributed by atoms with Crippen molar-refractivity contribution < 1.29 is 4.39 Å². The van der Waals surface area contributed by atoms with Gasteiger partial charge in [-0.25, -0.2) is 4.98 Å². The van der Waals surface area contributed by atoms with Crippen LogP contribution in [0, 0.1) is 29.6 Å². The van der Waals surface area contributed by atoms with Gasteiger partial charge >= 0.3 is 0 Å². The van der Waals surface area contributed by atoms with Crippen LogP contribution in [0.25, 0.3) is 0 Å². The van der Waals surface area contributed by atoms with Gasteiger partial charge in [-0.3, -0.25) is 0 Å². The van der Waals surface area contributed by atoms with Gasteiger partial charge in [-0.05, 0) is 55.1 Å². The molecule has 0 aliphatic heterocycles. The maximum atomic E-state index is 12.9. The number of halogens is 1. The maximum Gasteiger partial charge on any atom is 0.214 e. The van der Waals surface area contributed by atoms with Gasteiger partial charge in [0.2, 0.25) is 5.95 Å². The van der Waals surface area contributed by atoms with E-state index in [1.165, 1.54) is 25.3 Å². The second-order valence-corrected chi connectivity index (χ2v) is 5.50. The average Bonchev–Trinajstić information content (AvgIpc) is 2.70. The van der Waals surface area contributed by atoms with Crippen LogP contribution in [0.3, 0.4) is 0 Å². The molecular formula is C13H15FN2. The molecular weight excluding hydrogens is 203 g/mol. The van der Waals surface area contributed by atoms with Crippen LogP contribution in [0.4, 0.5) is 10.2 Å². The number of aromatic nitrogens is 1. The molecule has 3 aliphatic rings. The standard InChI is InChI=1S/C13H15FN2/c14-9-2-1-3-10(15-9)16-13-11-7-4-5-8(6-7)12(11)13/h1-3,7-8,11-13H,4-6H2,(H,15,16). The van der Waals surface area contributed by atoms with Crippen LogP contribution in [-0.2, 0) is 0 Å². The quantitative estimate of drug-likeness (QED) is 0.772. The third-order valence-corrected chi connectivity index (χ3v) is 4.76. The summed E-state index contributed by atoms with van der Waals surface area (Å²) in [5, 5.41) is 3.41. The van der Waals surface area contributed by atoms with Crippen molar-refractivity contribution in [3.05, 3.63) is 24.1 Å². The summed E-state index contributed by atoms with van der Waals surface area (Å²) in [7, 11) is 0. The van der Waals surface area contributed by atoms with Crippen LogP contribution in [0.2, 0.25) is 0 Å². The number of nitrogens with one attached hydrogen (secondary N) is 1. The molecule has 4 rings (SSSR count). The van der Waals surface area contributed by atoms with Crippen LogP contribution in [0.15, 0.2) is 18.2 Å². The molecule has 0 radical (unpaired) electrons. The molecule has 1 aromatic heterocycles. The monoisotopic (exact) mass is 218 g/mol. The number of pyridine rings is 1. The number of hydrogen-bond donors (Lipinski definition) is 1. The van der Waals surface area contributed by atoms with E-state index >= 15 is 0 Å². The molecule has 0 amide bonds. The van der Waals surface area contributed by atoms with Crippen LogP contribution >= 0.6 is 0 Å². The number of nitrogens with zero attached hydrogens (tertiary/aromatic N) is 1. The summed E-state index contributed by atoms with van der Waals surface area (Å²) in [6, 6.07) is 5.56. The smallest absolute Gasteiger partial charge is 0.214 e. The zero-order valence-corrected chi connectivity index (χ0v) is 9.07. The minimum Gasteiger partial charge on any atom is -0.367 e. The first-order chi connectivity index (χ1) is 7.83. The third kappa shape index (κ3) is 1.14. The van der Waals surface area contributed by atoms with Crippen LogP contribution in [0.1, 0.15) is 19.3 Å². The minimum atomic E-state index is -0.390. The Labute approximate surface area is 94.3 Å². The topological polar surface area (TPSA) is 24.9 Å². The molecule has 0 spiro atoms. The summed E-state index contributed by atoms with van der Waals surface area (Å²) in [6.07, 6.45) is 4.28. The van der Waals surface area contributed by atoms with Gasteiger partial charge in [-0.2, -0.15) is 4.39 Å². The van der Waals surface area contributed by atoms with E-state index in [4.69, 9.17) is 0 Å². The molecule has 1 heterocycles. The molecule has 0 aromatic carbocycles. The van der Waals surface area contributed by atoms with E-state index in [0.717, 1.165) is 23.7 Å². The van der Waals surface area contributed by atoms with E-state index in [1.54, 1.807) is 6.07 Å². The summed E-state index contributed by atoms with van der Waals surface area (Å²) in [4.78, 5) is 3.87. The minimum absolute atomic E-state index is 0.390. The van der Waals surface area contributed by atoms with Crippen molar-refractivity contribution in [3.63, 3.8) is 0 Å². The molecule has 0 saturated heterocycles. The van der Waals surface area contributed by atoms with E-state index in [2.05, 4.69) is 10.3 Å². The van der Waals surface area contributed by atoms with Gasteiger partial charge in [0.05, 0.1) is 0 Å². The Kier molecular flexibility index (Phi) is 1.66. The molecule has 2 nitrogen and oxygen atoms in total. The van der Waals surface area contributed by atoms with E-state index in [0.29, 0.717) is 11.9 Å². The molecule has 4 atom stereocenters. The molecule has 3 saturated carbocycles. The Bertz CT molecular complexity index is 418. The van der Waals surface area contributed by atoms with Gasteiger partial charge in [-0.1, -0.05) is 6.07 Å². The van der Waals surface area contributed by atoms with Crippen molar-refractivity contribution >= 4 is 5.82 Å². The average molecular weight is 218 g/mol. The van der Waals surface area contributed by atoms with Crippen molar-refractivity contribution in [2.24, 2.45) is 23.7 Å². The first-order valence-corrected chi connectivity index (χ1v) is 6.22. The van der Waals surface area contributed by atoms with Gasteiger partial charge in [0.25, 0.3) is 0 Å². The fraction of sp³-hybridized carbons (Fsp3) is 0.615. The summed E-state index contributed by atoms with van der Waals surface area (Å²) in [5.41, 5.74) is 0. The fourth-order valence-electron chi connectivity index (χ4n) is 4.18. The summed E-state index contributed by atoms with van der Waals surface area (Å²) in [5.74, 6) is 3.94. The highest BCUT2D eigenvalue weighted by atomic mass is 19.1. The van der Waals surface area contributed by atoms with E-state index in [1.807, 2.05) is 6.07 Å². The van der Waals surface area contributed by atoms with Gasteiger partial charge < -0.3 is 5.32 Å². The summed E-state index contributed by atoms with van der Waals surface area (Å²) in [6.45, 7) is 0. The lowest BCUT2D eigenvalue weighted by molar-refractivity contribution is 0.456. The number of rotatable bonds is 2. The predicted molar refractivity (Wildman–Crippen MR) is 59.4 cm³/mol. The van der Waals surface area contributed by atoms with Crippen molar-refractivity contribution in [2.45, 2.75) is 25.3 Å². The first kappa shape index (κ1) is 8.97. The second kappa shape index (κ2) is 2.96. The molecule has 4 unspecified atom stereocenters. The molecule has 84 valence electrons. The lowest BCUT2D eigenvalue weighted by Gasteiger charge is -2.10. The first-order valence-electron chi connectivity index (χ1n) is 6.22. The largest absolute Gasteiger partial charge is 0.367 e. The zero-order chi connectivity index (χ0) is 10.7. The highest BCUT2D eigenvalue weighted by molar-refractivity contribution is 5.40. The van der Waals surface area contributed by atoms with Crippen LogP contribution < -0.4 is 5.32 Å². The SMILES string of the molecule is Fc1cccc(NC2C3C4CCC(C4)C23)n1. The molecule has 2 bridgehead atoms. The number of fused-ring (bicyclic) bond motifs is 5. The van der Waals surface area contributed by atoms with Crippen molar-refractivity contribution in [1.29, 1.82) is 0 Å². The van der Waals surface area contributed by atoms with Crippen molar-refractivity contribution in [1.82, 2.24) is 4.98 Å². The van der Waals surface area contributed by atoms with Crippen molar-refractivity contribution in [3.8, 4) is 0 Å². The number of hydrogen-bond acceptors (Lipinski definition) is 2. The lowest BCUT2D eigenvalue weighted by atomic mass is 10.0. The zero-order valence-electron chi connectivity index (χ0n) is 9.07. The molecule has 16 heavy (non-hydrogen) atoms. The Morgan fingerprint density at radius 3 is 2.62 bits per heavy atom. The summed E-state index contributed by atoms with van der Waals surface area (Å²) >= 11 is 0. The molecule has 1 aromatic rings. The van der Waals surface area contributed by atoms with Crippen LogP contribution in [0.5, 0.6) is 0 Å².